The highest BCUT2D eigenvalue weighted by Gasteiger charge is 2.25. The van der Waals surface area contributed by atoms with E-state index in [9.17, 15) is 0 Å². The van der Waals surface area contributed by atoms with Crippen molar-refractivity contribution < 1.29 is 23.7 Å². The molecule has 0 unspecified atom stereocenters. The van der Waals surface area contributed by atoms with Gasteiger partial charge in [-0.05, 0) is 24.6 Å². The first kappa shape index (κ1) is 17.7. The normalized spacial score (nSPS) is 20.5. The summed E-state index contributed by atoms with van der Waals surface area (Å²) in [5, 5.41) is 8.01. The van der Waals surface area contributed by atoms with Crippen molar-refractivity contribution in [2.75, 3.05) is 40.4 Å². The minimum atomic E-state index is 0.641. The van der Waals surface area contributed by atoms with Crippen LogP contribution in [0.3, 0.4) is 0 Å². The standard InChI is InChI=1S/C18H26N4O3/c1-13-9-16(23-3)17(24-4)10-15(13)11-21-5-7-22(8-6-21)12-18-20-19-14(2)25-18/h9-10H,5-8,11-12H2,1-4H3/p+2. The van der Waals surface area contributed by atoms with Crippen LogP contribution in [0.4, 0.5) is 0 Å². The predicted molar refractivity (Wildman–Crippen MR) is 92.1 cm³/mol. The number of methoxy groups -OCH3 is 2. The number of ether oxygens (including phenoxy) is 2. The van der Waals surface area contributed by atoms with E-state index in [2.05, 4.69) is 29.3 Å². The monoisotopic (exact) mass is 348 g/mol. The summed E-state index contributed by atoms with van der Waals surface area (Å²) in [6, 6.07) is 4.18. The van der Waals surface area contributed by atoms with E-state index < -0.39 is 0 Å². The third-order valence-corrected chi connectivity index (χ3v) is 4.92. The van der Waals surface area contributed by atoms with E-state index in [0.29, 0.717) is 5.89 Å². The van der Waals surface area contributed by atoms with Gasteiger partial charge in [-0.1, -0.05) is 0 Å². The smallest absolute Gasteiger partial charge is 0.271 e. The third-order valence-electron chi connectivity index (χ3n) is 4.92. The summed E-state index contributed by atoms with van der Waals surface area (Å²) in [5.74, 6) is 2.98. The molecule has 0 atom stereocenters. The Morgan fingerprint density at radius 1 is 0.920 bits per heavy atom. The van der Waals surface area contributed by atoms with Gasteiger partial charge in [0.05, 0.1) is 14.2 Å². The number of quaternary nitrogens is 2. The quantitative estimate of drug-likeness (QED) is 0.715. The van der Waals surface area contributed by atoms with E-state index in [-0.39, 0.29) is 0 Å². The molecule has 1 aromatic carbocycles. The molecule has 3 rings (SSSR count). The zero-order chi connectivity index (χ0) is 17.8. The molecule has 7 nitrogen and oxygen atoms in total. The summed E-state index contributed by atoms with van der Waals surface area (Å²) >= 11 is 0. The van der Waals surface area contributed by atoms with Crippen LogP contribution >= 0.6 is 0 Å². The maximum absolute atomic E-state index is 5.50. The molecule has 7 heteroatoms. The van der Waals surface area contributed by atoms with Crippen molar-refractivity contribution in [2.45, 2.75) is 26.9 Å². The SMILES string of the molecule is COc1cc(C)c(C[NH+]2CC[NH+](Cc3nnc(C)o3)CC2)cc1OC. The Balaban J connectivity index is 1.57. The van der Waals surface area contributed by atoms with Gasteiger partial charge in [0.1, 0.15) is 32.7 Å². The van der Waals surface area contributed by atoms with Gasteiger partial charge in [-0.3, -0.25) is 0 Å². The van der Waals surface area contributed by atoms with Crippen molar-refractivity contribution in [1.82, 2.24) is 10.2 Å². The zero-order valence-corrected chi connectivity index (χ0v) is 15.5. The lowest BCUT2D eigenvalue weighted by Gasteiger charge is -2.29. The van der Waals surface area contributed by atoms with Crippen LogP contribution in [0.1, 0.15) is 22.9 Å². The van der Waals surface area contributed by atoms with E-state index >= 15 is 0 Å². The minimum Gasteiger partial charge on any atom is -0.493 e. The third kappa shape index (κ3) is 4.29. The van der Waals surface area contributed by atoms with Crippen molar-refractivity contribution in [3.8, 4) is 11.5 Å². The van der Waals surface area contributed by atoms with Gasteiger partial charge in [0, 0.05) is 12.5 Å². The summed E-state index contributed by atoms with van der Waals surface area (Å²) in [4.78, 5) is 3.11. The first-order valence-corrected chi connectivity index (χ1v) is 8.76. The van der Waals surface area contributed by atoms with Gasteiger partial charge < -0.3 is 23.7 Å². The van der Waals surface area contributed by atoms with Crippen LogP contribution in [-0.2, 0) is 13.1 Å². The molecule has 0 saturated carbocycles. The van der Waals surface area contributed by atoms with Gasteiger partial charge in [-0.15, -0.1) is 10.2 Å². The van der Waals surface area contributed by atoms with Gasteiger partial charge in [0.25, 0.3) is 5.89 Å². The minimum absolute atomic E-state index is 0.641. The van der Waals surface area contributed by atoms with Crippen LogP contribution in [0.15, 0.2) is 16.5 Å². The van der Waals surface area contributed by atoms with Crippen LogP contribution in [0, 0.1) is 13.8 Å². The highest BCUT2D eigenvalue weighted by Crippen LogP contribution is 2.29. The van der Waals surface area contributed by atoms with E-state index in [1.54, 1.807) is 19.1 Å². The largest absolute Gasteiger partial charge is 0.493 e. The Kier molecular flexibility index (Phi) is 5.55. The van der Waals surface area contributed by atoms with Gasteiger partial charge in [-0.2, -0.15) is 0 Å². The van der Waals surface area contributed by atoms with Crippen molar-refractivity contribution in [3.05, 3.63) is 35.0 Å². The lowest BCUT2D eigenvalue weighted by molar-refractivity contribution is -1.02. The second-order valence-corrected chi connectivity index (χ2v) is 6.70. The number of rotatable bonds is 6. The number of piperazine rings is 1. The summed E-state index contributed by atoms with van der Waals surface area (Å²) in [5.41, 5.74) is 2.57. The fourth-order valence-corrected chi connectivity index (χ4v) is 3.42. The van der Waals surface area contributed by atoms with Crippen molar-refractivity contribution in [2.24, 2.45) is 0 Å². The molecular weight excluding hydrogens is 320 g/mol. The second-order valence-electron chi connectivity index (χ2n) is 6.70. The van der Waals surface area contributed by atoms with Crippen LogP contribution in [-0.4, -0.2) is 50.6 Å². The van der Waals surface area contributed by atoms with Crippen LogP contribution in [0.5, 0.6) is 11.5 Å². The van der Waals surface area contributed by atoms with Gasteiger partial charge >= 0.3 is 0 Å². The van der Waals surface area contributed by atoms with Crippen molar-refractivity contribution in [1.29, 1.82) is 0 Å². The summed E-state index contributed by atoms with van der Waals surface area (Å²) in [7, 11) is 3.36. The van der Waals surface area contributed by atoms with Gasteiger partial charge in [-0.25, -0.2) is 0 Å². The number of hydrogen-bond acceptors (Lipinski definition) is 5. The fourth-order valence-electron chi connectivity index (χ4n) is 3.42. The molecule has 0 spiro atoms. The molecule has 25 heavy (non-hydrogen) atoms. The number of nitrogens with zero attached hydrogens (tertiary/aromatic N) is 2. The Morgan fingerprint density at radius 2 is 1.52 bits per heavy atom. The van der Waals surface area contributed by atoms with Crippen molar-refractivity contribution >= 4 is 0 Å². The zero-order valence-electron chi connectivity index (χ0n) is 15.5. The summed E-state index contributed by atoms with van der Waals surface area (Å²) in [6.07, 6.45) is 0. The fraction of sp³-hybridized carbons (Fsp3) is 0.556. The molecule has 0 aliphatic carbocycles. The first-order valence-electron chi connectivity index (χ1n) is 8.76. The van der Waals surface area contributed by atoms with Gasteiger partial charge in [0.2, 0.25) is 5.89 Å². The second kappa shape index (κ2) is 7.84. The van der Waals surface area contributed by atoms with E-state index in [4.69, 9.17) is 13.9 Å². The van der Waals surface area contributed by atoms with Crippen LogP contribution in [0.25, 0.3) is 0 Å². The lowest BCUT2D eigenvalue weighted by Crippen LogP contribution is -3.27. The molecular formula is C18H28N4O3+2. The summed E-state index contributed by atoms with van der Waals surface area (Å²) < 4.78 is 16.3. The number of aromatic nitrogens is 2. The molecule has 0 amide bonds. The van der Waals surface area contributed by atoms with Crippen molar-refractivity contribution in [3.63, 3.8) is 0 Å². The summed E-state index contributed by atoms with van der Waals surface area (Å²) in [6.45, 7) is 10.3. The van der Waals surface area contributed by atoms with Crippen LogP contribution in [0.2, 0.25) is 0 Å². The Labute approximate surface area is 148 Å². The Morgan fingerprint density at radius 3 is 2.08 bits per heavy atom. The van der Waals surface area contributed by atoms with E-state index in [1.807, 2.05) is 6.92 Å². The molecule has 1 aliphatic rings. The number of aryl methyl sites for hydroxylation is 2. The molecule has 0 radical (unpaired) electrons. The van der Waals surface area contributed by atoms with E-state index in [0.717, 1.165) is 56.7 Å². The molecule has 2 aromatic rings. The molecule has 1 aliphatic heterocycles. The number of nitrogens with one attached hydrogen (secondary N) is 2. The topological polar surface area (TPSA) is 66.3 Å². The molecule has 0 bridgehead atoms. The molecule has 136 valence electrons. The predicted octanol–water partition coefficient (Wildman–Crippen LogP) is -0.813. The highest BCUT2D eigenvalue weighted by molar-refractivity contribution is 5.46. The molecule has 1 fully saturated rings. The number of hydrogen-bond donors (Lipinski definition) is 2. The number of benzene rings is 1. The van der Waals surface area contributed by atoms with Gasteiger partial charge in [0.15, 0.2) is 18.0 Å². The molecule has 2 heterocycles. The molecule has 1 aromatic heterocycles. The Hall–Kier alpha value is -2.12. The van der Waals surface area contributed by atoms with E-state index in [1.165, 1.54) is 16.0 Å². The lowest BCUT2D eigenvalue weighted by atomic mass is 10.1. The maximum Gasteiger partial charge on any atom is 0.271 e. The average molecular weight is 348 g/mol. The maximum atomic E-state index is 5.50. The first-order chi connectivity index (χ1) is 12.1. The Bertz CT molecular complexity index is 708. The highest BCUT2D eigenvalue weighted by atomic mass is 16.5. The average Bonchev–Trinajstić information content (AvgIpc) is 3.02. The molecule has 2 N–H and O–H groups in total. The molecule has 1 saturated heterocycles. The van der Waals surface area contributed by atoms with Crippen LogP contribution < -0.4 is 19.3 Å².